The summed E-state index contributed by atoms with van der Waals surface area (Å²) in [6.45, 7) is 4.78. The van der Waals surface area contributed by atoms with E-state index in [0.717, 1.165) is 53.6 Å². The number of nitrogens with one attached hydrogen (secondary N) is 1. The molecule has 9 nitrogen and oxygen atoms in total. The Labute approximate surface area is 183 Å². The summed E-state index contributed by atoms with van der Waals surface area (Å²) < 4.78 is 29.3. The molecule has 0 bridgehead atoms. The topological polar surface area (TPSA) is 108 Å². The fourth-order valence-corrected chi connectivity index (χ4v) is 4.74. The molecular weight excluding hydrogens is 418 g/mol. The zero-order valence-corrected chi connectivity index (χ0v) is 19.2. The standard InChI is InChI=1S/C21H31N5O4S/c1-4-26-20-17(14-23-26)19(24-15-8-6-5-7-9-15)16(13-22-20)18-12-21(2,30-25-18)10-11-29-31(3,27)28/h13-15H,4-12H2,1-3H3,(H,22,24). The number of aromatic nitrogens is 3. The Morgan fingerprint density at radius 1 is 1.29 bits per heavy atom. The summed E-state index contributed by atoms with van der Waals surface area (Å²) in [5.41, 5.74) is 2.97. The molecular formula is C21H31N5O4S. The molecule has 0 spiro atoms. The number of rotatable bonds is 8. The molecule has 4 rings (SSSR count). The monoisotopic (exact) mass is 449 g/mol. The van der Waals surface area contributed by atoms with Crippen molar-refractivity contribution in [2.24, 2.45) is 5.16 Å². The van der Waals surface area contributed by atoms with Crippen LogP contribution < -0.4 is 5.32 Å². The third kappa shape index (κ3) is 5.01. The van der Waals surface area contributed by atoms with Gasteiger partial charge in [0.15, 0.2) is 5.65 Å². The Morgan fingerprint density at radius 2 is 2.06 bits per heavy atom. The molecule has 2 aromatic heterocycles. The van der Waals surface area contributed by atoms with Crippen LogP contribution in [-0.4, -0.2) is 53.4 Å². The number of aryl methyl sites for hydroxylation is 1. The van der Waals surface area contributed by atoms with E-state index in [4.69, 9.17) is 9.02 Å². The minimum atomic E-state index is -3.48. The molecule has 31 heavy (non-hydrogen) atoms. The van der Waals surface area contributed by atoms with E-state index in [-0.39, 0.29) is 6.61 Å². The van der Waals surface area contributed by atoms with Crippen molar-refractivity contribution >= 4 is 32.6 Å². The molecule has 1 saturated carbocycles. The molecule has 3 heterocycles. The molecule has 2 aromatic rings. The second-order valence-electron chi connectivity index (χ2n) is 8.76. The number of hydrogen-bond donors (Lipinski definition) is 1. The Bertz CT molecular complexity index is 1070. The number of hydrogen-bond acceptors (Lipinski definition) is 8. The highest BCUT2D eigenvalue weighted by Gasteiger charge is 2.36. The van der Waals surface area contributed by atoms with Gasteiger partial charge in [-0.15, -0.1) is 0 Å². The van der Waals surface area contributed by atoms with E-state index >= 15 is 0 Å². The van der Waals surface area contributed by atoms with Crippen LogP contribution in [-0.2, 0) is 25.7 Å². The van der Waals surface area contributed by atoms with Crippen molar-refractivity contribution in [3.63, 3.8) is 0 Å². The quantitative estimate of drug-likeness (QED) is 0.615. The molecule has 0 aromatic carbocycles. The zero-order chi connectivity index (χ0) is 22.1. The molecule has 0 amide bonds. The minimum absolute atomic E-state index is 0.0614. The lowest BCUT2D eigenvalue weighted by Crippen LogP contribution is -2.28. The van der Waals surface area contributed by atoms with Gasteiger partial charge < -0.3 is 10.2 Å². The number of oxime groups is 1. The molecule has 2 aliphatic rings. The third-order valence-electron chi connectivity index (χ3n) is 6.08. The molecule has 1 aliphatic carbocycles. The van der Waals surface area contributed by atoms with Crippen LogP contribution in [0.1, 0.15) is 64.4 Å². The first-order valence-electron chi connectivity index (χ1n) is 11.0. The van der Waals surface area contributed by atoms with E-state index in [0.29, 0.717) is 18.9 Å². The summed E-state index contributed by atoms with van der Waals surface area (Å²) >= 11 is 0. The lowest BCUT2D eigenvalue weighted by molar-refractivity contribution is -0.0175. The van der Waals surface area contributed by atoms with Gasteiger partial charge in [-0.25, -0.2) is 9.67 Å². The molecule has 1 fully saturated rings. The van der Waals surface area contributed by atoms with Gasteiger partial charge in [0.25, 0.3) is 10.1 Å². The average Bonchev–Trinajstić information content (AvgIpc) is 3.32. The van der Waals surface area contributed by atoms with E-state index in [1.807, 2.05) is 24.0 Å². The number of nitrogens with zero attached hydrogens (tertiary/aromatic N) is 4. The molecule has 1 atom stereocenters. The van der Waals surface area contributed by atoms with Crippen molar-refractivity contribution in [1.82, 2.24) is 14.8 Å². The van der Waals surface area contributed by atoms with Crippen LogP contribution in [0.25, 0.3) is 11.0 Å². The van der Waals surface area contributed by atoms with Gasteiger partial charge in [0.2, 0.25) is 0 Å². The SMILES string of the molecule is CCn1ncc2c(NC3CCCCC3)c(C3=NOC(C)(CCOS(C)(=O)=O)C3)cnc21. The second-order valence-corrected chi connectivity index (χ2v) is 10.4. The van der Waals surface area contributed by atoms with Gasteiger partial charge in [0.1, 0.15) is 5.60 Å². The van der Waals surface area contributed by atoms with E-state index in [1.54, 1.807) is 0 Å². The van der Waals surface area contributed by atoms with Crippen LogP contribution >= 0.6 is 0 Å². The Morgan fingerprint density at radius 3 is 2.77 bits per heavy atom. The smallest absolute Gasteiger partial charge is 0.264 e. The highest BCUT2D eigenvalue weighted by molar-refractivity contribution is 7.85. The summed E-state index contributed by atoms with van der Waals surface area (Å²) in [6.07, 6.45) is 11.8. The first-order valence-corrected chi connectivity index (χ1v) is 12.8. The van der Waals surface area contributed by atoms with Crippen molar-refractivity contribution in [2.45, 2.75) is 77.0 Å². The van der Waals surface area contributed by atoms with Crippen LogP contribution in [0.3, 0.4) is 0 Å². The molecule has 1 unspecified atom stereocenters. The van der Waals surface area contributed by atoms with Gasteiger partial charge in [-0.1, -0.05) is 24.4 Å². The highest BCUT2D eigenvalue weighted by Crippen LogP contribution is 2.35. The zero-order valence-electron chi connectivity index (χ0n) is 18.4. The van der Waals surface area contributed by atoms with Gasteiger partial charge in [0.05, 0.1) is 35.8 Å². The largest absolute Gasteiger partial charge is 0.389 e. The van der Waals surface area contributed by atoms with Crippen molar-refractivity contribution in [2.75, 3.05) is 18.2 Å². The maximum absolute atomic E-state index is 11.3. The summed E-state index contributed by atoms with van der Waals surface area (Å²) in [7, 11) is -3.48. The average molecular weight is 450 g/mol. The lowest BCUT2D eigenvalue weighted by atomic mass is 9.92. The van der Waals surface area contributed by atoms with Crippen molar-refractivity contribution in [3.05, 3.63) is 18.0 Å². The van der Waals surface area contributed by atoms with E-state index in [1.165, 1.54) is 19.3 Å². The Kier molecular flexibility index (Phi) is 6.20. The maximum Gasteiger partial charge on any atom is 0.264 e. The molecule has 0 radical (unpaired) electrons. The summed E-state index contributed by atoms with van der Waals surface area (Å²) in [5.74, 6) is 0. The predicted octanol–water partition coefficient (Wildman–Crippen LogP) is 3.45. The van der Waals surface area contributed by atoms with Gasteiger partial charge in [-0.2, -0.15) is 13.5 Å². The number of pyridine rings is 1. The highest BCUT2D eigenvalue weighted by atomic mass is 32.2. The van der Waals surface area contributed by atoms with Crippen molar-refractivity contribution in [3.8, 4) is 0 Å². The normalized spacial score (nSPS) is 22.5. The van der Waals surface area contributed by atoms with Crippen LogP contribution in [0.4, 0.5) is 5.69 Å². The summed E-state index contributed by atoms with van der Waals surface area (Å²) in [4.78, 5) is 10.4. The molecule has 0 saturated heterocycles. The molecule has 170 valence electrons. The summed E-state index contributed by atoms with van der Waals surface area (Å²) in [5, 5.41) is 13.6. The van der Waals surface area contributed by atoms with Crippen LogP contribution in [0.2, 0.25) is 0 Å². The lowest BCUT2D eigenvalue weighted by Gasteiger charge is -2.25. The van der Waals surface area contributed by atoms with Crippen LogP contribution in [0, 0.1) is 0 Å². The van der Waals surface area contributed by atoms with E-state index in [2.05, 4.69) is 27.5 Å². The maximum atomic E-state index is 11.3. The fourth-order valence-electron chi connectivity index (χ4n) is 4.35. The molecule has 1 aliphatic heterocycles. The first kappa shape index (κ1) is 22.0. The summed E-state index contributed by atoms with van der Waals surface area (Å²) in [6, 6.07) is 0.417. The fraction of sp³-hybridized carbons (Fsp3) is 0.667. The van der Waals surface area contributed by atoms with Gasteiger partial charge in [0, 0.05) is 37.2 Å². The van der Waals surface area contributed by atoms with Crippen molar-refractivity contribution < 1.29 is 17.4 Å². The molecule has 10 heteroatoms. The van der Waals surface area contributed by atoms with Gasteiger partial charge >= 0.3 is 0 Å². The van der Waals surface area contributed by atoms with Gasteiger partial charge in [-0.3, -0.25) is 4.18 Å². The predicted molar refractivity (Wildman–Crippen MR) is 120 cm³/mol. The third-order valence-corrected chi connectivity index (χ3v) is 6.67. The Hall–Kier alpha value is -2.20. The van der Waals surface area contributed by atoms with E-state index < -0.39 is 15.7 Å². The first-order chi connectivity index (χ1) is 14.8. The van der Waals surface area contributed by atoms with Crippen LogP contribution in [0.15, 0.2) is 17.5 Å². The number of anilines is 1. The molecule has 1 N–H and O–H groups in total. The van der Waals surface area contributed by atoms with Crippen LogP contribution in [0.5, 0.6) is 0 Å². The van der Waals surface area contributed by atoms with Gasteiger partial charge in [-0.05, 0) is 26.7 Å². The minimum Gasteiger partial charge on any atom is -0.389 e. The Balaban J connectivity index is 1.60. The number of fused-ring (bicyclic) bond motifs is 1. The van der Waals surface area contributed by atoms with Crippen molar-refractivity contribution in [1.29, 1.82) is 0 Å². The van der Waals surface area contributed by atoms with E-state index in [9.17, 15) is 8.42 Å². The second kappa shape index (κ2) is 8.74.